The Bertz CT molecular complexity index is 563. The molecule has 1 aromatic rings. The van der Waals surface area contributed by atoms with Gasteiger partial charge in [0.1, 0.15) is 0 Å². The van der Waals surface area contributed by atoms with E-state index in [1.807, 2.05) is 0 Å². The van der Waals surface area contributed by atoms with Crippen LogP contribution in [-0.2, 0) is 22.2 Å². The number of carboxylic acid groups (broad SMARTS) is 1. The van der Waals surface area contributed by atoms with E-state index >= 15 is 0 Å². The smallest absolute Gasteiger partial charge is 0.416 e. The van der Waals surface area contributed by atoms with E-state index in [4.69, 9.17) is 5.11 Å². The lowest BCUT2D eigenvalue weighted by Gasteiger charge is -2.30. The van der Waals surface area contributed by atoms with Crippen molar-refractivity contribution in [3.05, 3.63) is 35.4 Å². The number of benzene rings is 1. The summed E-state index contributed by atoms with van der Waals surface area (Å²) in [5.74, 6) is -1.78. The number of carboxylic acids is 1. The van der Waals surface area contributed by atoms with Gasteiger partial charge in [0.2, 0.25) is 5.91 Å². The number of amides is 1. The molecule has 120 valence electrons. The Morgan fingerprint density at radius 1 is 1.18 bits per heavy atom. The highest BCUT2D eigenvalue weighted by Gasteiger charge is 2.34. The van der Waals surface area contributed by atoms with Gasteiger partial charge in [-0.25, -0.2) is 0 Å². The Balaban J connectivity index is 2.03. The molecule has 1 aromatic carbocycles. The first kappa shape index (κ1) is 16.3. The summed E-state index contributed by atoms with van der Waals surface area (Å²) in [5, 5.41) is 8.90. The largest absolute Gasteiger partial charge is 0.481 e. The minimum atomic E-state index is -4.49. The molecule has 4 nitrogen and oxygen atoms in total. The first-order chi connectivity index (χ1) is 10.3. The molecule has 0 atom stereocenters. The van der Waals surface area contributed by atoms with E-state index in [9.17, 15) is 22.8 Å². The molecule has 1 heterocycles. The summed E-state index contributed by atoms with van der Waals surface area (Å²) in [4.78, 5) is 24.4. The quantitative estimate of drug-likeness (QED) is 0.932. The van der Waals surface area contributed by atoms with E-state index in [-0.39, 0.29) is 25.1 Å². The van der Waals surface area contributed by atoms with E-state index in [0.717, 1.165) is 6.07 Å². The summed E-state index contributed by atoms with van der Waals surface area (Å²) in [6, 6.07) is 5.01. The molecule has 0 spiro atoms. The third-order valence-electron chi connectivity index (χ3n) is 3.86. The Morgan fingerprint density at radius 2 is 1.77 bits per heavy atom. The van der Waals surface area contributed by atoms with Gasteiger partial charge in [-0.05, 0) is 24.5 Å². The number of aliphatic carboxylic acids is 1. The molecule has 1 amide bonds. The van der Waals surface area contributed by atoms with Gasteiger partial charge < -0.3 is 10.0 Å². The number of alkyl halides is 3. The zero-order chi connectivity index (χ0) is 16.3. The summed E-state index contributed by atoms with van der Waals surface area (Å²) in [6.07, 6.45) is -4.15. The lowest BCUT2D eigenvalue weighted by atomic mass is 9.96. The lowest BCUT2D eigenvalue weighted by Crippen LogP contribution is -2.41. The number of nitrogens with zero attached hydrogens (tertiary/aromatic N) is 1. The van der Waals surface area contributed by atoms with E-state index in [1.54, 1.807) is 0 Å². The molecule has 1 fully saturated rings. The van der Waals surface area contributed by atoms with E-state index in [0.29, 0.717) is 12.8 Å². The van der Waals surface area contributed by atoms with E-state index < -0.39 is 29.5 Å². The van der Waals surface area contributed by atoms with E-state index in [2.05, 4.69) is 0 Å². The second-order valence-electron chi connectivity index (χ2n) is 5.32. The van der Waals surface area contributed by atoms with Crippen LogP contribution in [0.1, 0.15) is 24.0 Å². The highest BCUT2D eigenvalue weighted by atomic mass is 19.4. The Morgan fingerprint density at radius 3 is 2.32 bits per heavy atom. The van der Waals surface area contributed by atoms with Crippen molar-refractivity contribution in [1.29, 1.82) is 0 Å². The maximum Gasteiger partial charge on any atom is 0.416 e. The number of piperidine rings is 1. The third kappa shape index (κ3) is 3.78. The van der Waals surface area contributed by atoms with Crippen molar-refractivity contribution >= 4 is 11.9 Å². The zero-order valence-corrected chi connectivity index (χ0v) is 11.8. The van der Waals surface area contributed by atoms with Crippen molar-refractivity contribution < 1.29 is 27.9 Å². The minimum Gasteiger partial charge on any atom is -0.481 e. The van der Waals surface area contributed by atoms with Crippen LogP contribution in [0.15, 0.2) is 24.3 Å². The molecule has 1 N–H and O–H groups in total. The number of hydrogen-bond acceptors (Lipinski definition) is 2. The molecule has 22 heavy (non-hydrogen) atoms. The van der Waals surface area contributed by atoms with Gasteiger partial charge in [-0.15, -0.1) is 0 Å². The fraction of sp³-hybridized carbons (Fsp3) is 0.467. The predicted octanol–water partition coefficient (Wildman–Crippen LogP) is 2.57. The first-order valence-corrected chi connectivity index (χ1v) is 6.94. The van der Waals surface area contributed by atoms with Gasteiger partial charge in [0.15, 0.2) is 0 Å². The van der Waals surface area contributed by atoms with Gasteiger partial charge in [-0.3, -0.25) is 9.59 Å². The first-order valence-electron chi connectivity index (χ1n) is 6.94. The molecule has 0 bridgehead atoms. The SMILES string of the molecule is O=C(O)C1CCN(C(=O)Cc2ccccc2C(F)(F)F)CC1. The normalized spacial score (nSPS) is 16.6. The van der Waals surface area contributed by atoms with Gasteiger partial charge in [-0.2, -0.15) is 13.2 Å². The monoisotopic (exact) mass is 315 g/mol. The van der Waals surface area contributed by atoms with Gasteiger partial charge in [0.25, 0.3) is 0 Å². The number of carbonyl (C=O) groups excluding carboxylic acids is 1. The number of hydrogen-bond donors (Lipinski definition) is 1. The fourth-order valence-electron chi connectivity index (χ4n) is 2.60. The molecule has 1 aliphatic rings. The number of halogens is 3. The van der Waals surface area contributed by atoms with Crippen LogP contribution in [-0.4, -0.2) is 35.0 Å². The van der Waals surface area contributed by atoms with Gasteiger partial charge >= 0.3 is 12.1 Å². The van der Waals surface area contributed by atoms with Gasteiger partial charge in [0.05, 0.1) is 17.9 Å². The van der Waals surface area contributed by atoms with E-state index in [1.165, 1.54) is 23.1 Å². The highest BCUT2D eigenvalue weighted by molar-refractivity contribution is 5.79. The van der Waals surface area contributed by atoms with Crippen molar-refractivity contribution in [2.45, 2.75) is 25.4 Å². The Labute approximate surface area is 125 Å². The summed E-state index contributed by atoms with van der Waals surface area (Å²) in [5.41, 5.74) is -0.857. The van der Waals surface area contributed by atoms with Crippen LogP contribution < -0.4 is 0 Å². The topological polar surface area (TPSA) is 57.6 Å². The molecular weight excluding hydrogens is 299 g/mol. The molecule has 7 heteroatoms. The lowest BCUT2D eigenvalue weighted by molar-refractivity contribution is -0.146. The van der Waals surface area contributed by atoms with Gasteiger partial charge in [-0.1, -0.05) is 18.2 Å². The van der Waals surface area contributed by atoms with Crippen LogP contribution in [0.2, 0.25) is 0 Å². The van der Waals surface area contributed by atoms with Crippen LogP contribution in [0.5, 0.6) is 0 Å². The van der Waals surface area contributed by atoms with Gasteiger partial charge in [0, 0.05) is 13.1 Å². The molecule has 2 rings (SSSR count). The second kappa shape index (κ2) is 6.37. The summed E-state index contributed by atoms with van der Waals surface area (Å²) in [6.45, 7) is 0.536. The zero-order valence-electron chi connectivity index (χ0n) is 11.8. The molecule has 0 saturated carbocycles. The average molecular weight is 315 g/mol. The van der Waals surface area contributed by atoms with Crippen molar-refractivity contribution in [2.75, 3.05) is 13.1 Å². The molecule has 1 saturated heterocycles. The maximum atomic E-state index is 12.9. The predicted molar refractivity (Wildman–Crippen MR) is 72.1 cm³/mol. The molecule has 0 radical (unpaired) electrons. The van der Waals surface area contributed by atoms with Crippen LogP contribution in [0, 0.1) is 5.92 Å². The number of rotatable bonds is 3. The second-order valence-corrected chi connectivity index (χ2v) is 5.32. The van der Waals surface area contributed by atoms with Crippen molar-refractivity contribution in [3.63, 3.8) is 0 Å². The van der Waals surface area contributed by atoms with Crippen LogP contribution in [0.25, 0.3) is 0 Å². The van der Waals surface area contributed by atoms with Crippen LogP contribution >= 0.6 is 0 Å². The summed E-state index contributed by atoms with van der Waals surface area (Å²) < 4.78 is 38.7. The minimum absolute atomic E-state index is 0.0552. The standard InChI is InChI=1S/C15H16F3NO3/c16-15(17,18)12-4-2-1-3-11(12)9-13(20)19-7-5-10(6-8-19)14(21)22/h1-4,10H,5-9H2,(H,21,22). The van der Waals surface area contributed by atoms with Crippen LogP contribution in [0.3, 0.4) is 0 Å². The summed E-state index contributed by atoms with van der Waals surface area (Å²) >= 11 is 0. The van der Waals surface area contributed by atoms with Crippen molar-refractivity contribution in [2.24, 2.45) is 5.92 Å². The molecule has 0 unspecified atom stereocenters. The average Bonchev–Trinajstić information content (AvgIpc) is 2.46. The molecular formula is C15H16F3NO3. The Hall–Kier alpha value is -2.05. The summed E-state index contributed by atoms with van der Waals surface area (Å²) in [7, 11) is 0. The number of likely N-dealkylation sites (tertiary alicyclic amines) is 1. The maximum absolute atomic E-state index is 12.9. The number of carbonyl (C=O) groups is 2. The highest BCUT2D eigenvalue weighted by Crippen LogP contribution is 2.32. The molecule has 1 aliphatic heterocycles. The molecule has 0 aliphatic carbocycles. The van der Waals surface area contributed by atoms with Crippen molar-refractivity contribution in [3.8, 4) is 0 Å². The molecule has 0 aromatic heterocycles. The fourth-order valence-corrected chi connectivity index (χ4v) is 2.60. The third-order valence-corrected chi connectivity index (χ3v) is 3.86. The Kier molecular flexibility index (Phi) is 4.73. The van der Waals surface area contributed by atoms with Crippen LogP contribution in [0.4, 0.5) is 13.2 Å². The van der Waals surface area contributed by atoms with Crippen molar-refractivity contribution in [1.82, 2.24) is 4.90 Å².